The first-order valence-corrected chi connectivity index (χ1v) is 4.52. The summed E-state index contributed by atoms with van der Waals surface area (Å²) in [4.78, 5) is 0. The molecule has 0 rings (SSSR count). The van der Waals surface area contributed by atoms with Crippen LogP contribution in [0.15, 0.2) is 0 Å². The highest BCUT2D eigenvalue weighted by Gasteiger charge is 2.27. The minimum absolute atomic E-state index is 0.333. The van der Waals surface area contributed by atoms with E-state index in [9.17, 15) is 0 Å². The Morgan fingerprint density at radius 2 is 1.64 bits per heavy atom. The highest BCUT2D eigenvalue weighted by atomic mass is 35.5. The highest BCUT2D eigenvalue weighted by Crippen LogP contribution is 2.20. The summed E-state index contributed by atoms with van der Waals surface area (Å²) in [5.41, 5.74) is 0. The first-order chi connectivity index (χ1) is 5.00. The highest BCUT2D eigenvalue weighted by molar-refractivity contribution is 6.35. The van der Waals surface area contributed by atoms with Crippen LogP contribution in [-0.4, -0.2) is 39.1 Å². The molecule has 0 aliphatic heterocycles. The molecule has 0 saturated heterocycles. The van der Waals surface area contributed by atoms with Crippen LogP contribution in [0, 0.1) is 0 Å². The molecule has 0 aliphatic carbocycles. The van der Waals surface area contributed by atoms with E-state index in [-0.39, 0.29) is 5.38 Å². The molecule has 0 spiro atoms. The van der Waals surface area contributed by atoms with Crippen molar-refractivity contribution in [3.05, 3.63) is 0 Å². The number of hydrogen-bond acceptors (Lipinski definition) is 2. The molecule has 0 aromatic heterocycles. The van der Waals surface area contributed by atoms with Gasteiger partial charge >= 0.3 is 0 Å². The van der Waals surface area contributed by atoms with Crippen LogP contribution in [0.25, 0.3) is 0 Å². The van der Waals surface area contributed by atoms with Crippen molar-refractivity contribution in [2.24, 2.45) is 0 Å². The van der Waals surface area contributed by atoms with Gasteiger partial charge in [-0.15, -0.1) is 34.8 Å². The summed E-state index contributed by atoms with van der Waals surface area (Å²) in [7, 11) is 0. The first-order valence-electron chi connectivity index (χ1n) is 3.21. The second-order valence-electron chi connectivity index (χ2n) is 2.32. The van der Waals surface area contributed by atoms with Crippen molar-refractivity contribution >= 4 is 34.8 Å². The summed E-state index contributed by atoms with van der Waals surface area (Å²) >= 11 is 17.0. The Bertz CT molecular complexity index is 110. The van der Waals surface area contributed by atoms with E-state index in [4.69, 9.17) is 45.0 Å². The van der Waals surface area contributed by atoms with E-state index in [2.05, 4.69) is 0 Å². The van der Waals surface area contributed by atoms with Gasteiger partial charge in [-0.25, -0.2) is 0 Å². The van der Waals surface area contributed by atoms with Crippen LogP contribution in [0.5, 0.6) is 0 Å². The van der Waals surface area contributed by atoms with Gasteiger partial charge in [0.25, 0.3) is 0 Å². The molecule has 0 aromatic rings. The molecule has 0 amide bonds. The molecule has 2 N–H and O–H groups in total. The van der Waals surface area contributed by atoms with Gasteiger partial charge in [-0.2, -0.15) is 0 Å². The monoisotopic (exact) mass is 220 g/mol. The summed E-state index contributed by atoms with van der Waals surface area (Å²) in [6.45, 7) is 1.28. The van der Waals surface area contributed by atoms with Gasteiger partial charge in [-0.3, -0.25) is 0 Å². The number of hydrogen-bond donors (Lipinski definition) is 2. The van der Waals surface area contributed by atoms with Crippen molar-refractivity contribution in [1.82, 2.24) is 0 Å². The average molecular weight is 222 g/mol. The molecular formula is C6H11Cl3O2. The lowest BCUT2D eigenvalue weighted by molar-refractivity contribution is 0.0904. The van der Waals surface area contributed by atoms with Gasteiger partial charge in [0.2, 0.25) is 0 Å². The van der Waals surface area contributed by atoms with Crippen LogP contribution < -0.4 is 0 Å². The fraction of sp³-hybridized carbons (Fsp3) is 1.00. The normalized spacial score (nSPS) is 22.4. The zero-order chi connectivity index (χ0) is 9.02. The number of aliphatic hydroxyl groups is 2. The van der Waals surface area contributed by atoms with Crippen molar-refractivity contribution in [2.45, 2.75) is 29.2 Å². The van der Waals surface area contributed by atoms with Crippen molar-refractivity contribution in [3.8, 4) is 0 Å². The number of alkyl halides is 3. The van der Waals surface area contributed by atoms with Gasteiger partial charge in [0.05, 0.1) is 23.5 Å². The lowest BCUT2D eigenvalue weighted by Gasteiger charge is -2.21. The van der Waals surface area contributed by atoms with Crippen molar-refractivity contribution < 1.29 is 10.2 Å². The fourth-order valence-electron chi connectivity index (χ4n) is 0.566. The molecule has 0 saturated carbocycles. The minimum Gasteiger partial charge on any atom is -0.394 e. The van der Waals surface area contributed by atoms with E-state index < -0.39 is 23.5 Å². The molecule has 0 aromatic carbocycles. The van der Waals surface area contributed by atoms with Gasteiger partial charge in [0.1, 0.15) is 0 Å². The van der Waals surface area contributed by atoms with Crippen molar-refractivity contribution in [2.75, 3.05) is 6.61 Å². The Kier molecular flexibility index (Phi) is 5.83. The Morgan fingerprint density at radius 1 is 1.18 bits per heavy atom. The van der Waals surface area contributed by atoms with Crippen molar-refractivity contribution in [3.63, 3.8) is 0 Å². The van der Waals surface area contributed by atoms with Crippen molar-refractivity contribution in [1.29, 1.82) is 0 Å². The molecule has 2 nitrogen and oxygen atoms in total. The SMILES string of the molecule is C[C@H](Cl)[C@@H](Cl)[C@H](Cl)[C@H](O)CO. The number of halogens is 3. The topological polar surface area (TPSA) is 40.5 Å². The lowest BCUT2D eigenvalue weighted by atomic mass is 10.1. The van der Waals surface area contributed by atoms with Gasteiger partial charge in [-0.05, 0) is 6.92 Å². The second kappa shape index (κ2) is 5.44. The molecule has 0 heterocycles. The van der Waals surface area contributed by atoms with Crippen LogP contribution in [0.4, 0.5) is 0 Å². The van der Waals surface area contributed by atoms with E-state index in [1.165, 1.54) is 0 Å². The van der Waals surface area contributed by atoms with Crippen LogP contribution in [-0.2, 0) is 0 Å². The molecule has 0 radical (unpaired) electrons. The first kappa shape index (κ1) is 11.8. The van der Waals surface area contributed by atoms with Crippen LogP contribution in [0.2, 0.25) is 0 Å². The number of aliphatic hydroxyl groups excluding tert-OH is 2. The Labute approximate surface area is 81.1 Å². The lowest BCUT2D eigenvalue weighted by Crippen LogP contribution is -2.36. The summed E-state index contributed by atoms with van der Waals surface area (Å²) in [5, 5.41) is 15.9. The Balaban J connectivity index is 3.90. The Morgan fingerprint density at radius 3 is 1.91 bits per heavy atom. The van der Waals surface area contributed by atoms with Gasteiger partial charge in [-0.1, -0.05) is 0 Å². The molecule has 68 valence electrons. The standard InChI is InChI=1S/C6H11Cl3O2/c1-3(7)5(8)6(9)4(11)2-10/h3-6,10-11H,2H2,1H3/t3-,4+,5+,6+/m0/s1. The van der Waals surface area contributed by atoms with E-state index in [0.717, 1.165) is 0 Å². The average Bonchev–Trinajstić information content (AvgIpc) is 2.00. The summed E-state index contributed by atoms with van der Waals surface area (Å²) in [6, 6.07) is 0. The molecular weight excluding hydrogens is 210 g/mol. The largest absolute Gasteiger partial charge is 0.394 e. The fourth-order valence-corrected chi connectivity index (χ4v) is 1.26. The summed E-state index contributed by atoms with van der Waals surface area (Å²) < 4.78 is 0. The molecule has 0 bridgehead atoms. The zero-order valence-corrected chi connectivity index (χ0v) is 8.31. The zero-order valence-electron chi connectivity index (χ0n) is 6.04. The van der Waals surface area contributed by atoms with Crippen LogP contribution in [0.3, 0.4) is 0 Å². The maximum Gasteiger partial charge on any atom is 0.0949 e. The molecule has 5 heteroatoms. The van der Waals surface area contributed by atoms with Gasteiger partial charge in [0.15, 0.2) is 0 Å². The van der Waals surface area contributed by atoms with Gasteiger partial charge < -0.3 is 10.2 Å². The van der Waals surface area contributed by atoms with E-state index in [1.54, 1.807) is 6.92 Å². The van der Waals surface area contributed by atoms with E-state index >= 15 is 0 Å². The van der Waals surface area contributed by atoms with Crippen LogP contribution in [0.1, 0.15) is 6.92 Å². The smallest absolute Gasteiger partial charge is 0.0949 e. The Hall–Kier alpha value is 0.790. The maximum atomic E-state index is 9.02. The third-order valence-corrected chi connectivity index (χ3v) is 3.04. The molecule has 4 atom stereocenters. The maximum absolute atomic E-state index is 9.02. The molecule has 0 aliphatic rings. The second-order valence-corrected chi connectivity index (χ2v) is 4.01. The molecule has 0 unspecified atom stereocenters. The third kappa shape index (κ3) is 3.81. The predicted molar refractivity (Wildman–Crippen MR) is 47.7 cm³/mol. The molecule has 11 heavy (non-hydrogen) atoms. The number of rotatable bonds is 4. The quantitative estimate of drug-likeness (QED) is 0.700. The minimum atomic E-state index is -1.01. The van der Waals surface area contributed by atoms with E-state index in [0.29, 0.717) is 0 Å². The summed E-state index contributed by atoms with van der Waals surface area (Å²) in [5.74, 6) is 0. The van der Waals surface area contributed by atoms with E-state index in [1.807, 2.05) is 0 Å². The molecule has 0 fully saturated rings. The summed E-state index contributed by atoms with van der Waals surface area (Å²) in [6.07, 6.45) is -1.01. The van der Waals surface area contributed by atoms with Crippen LogP contribution >= 0.6 is 34.8 Å². The predicted octanol–water partition coefficient (Wildman–Crippen LogP) is 1.18. The van der Waals surface area contributed by atoms with Gasteiger partial charge in [0, 0.05) is 5.38 Å². The third-order valence-electron chi connectivity index (χ3n) is 1.30.